The van der Waals surface area contributed by atoms with Crippen LogP contribution in [0.1, 0.15) is 33.6 Å². The van der Waals surface area contributed by atoms with E-state index in [4.69, 9.17) is 4.74 Å². The van der Waals surface area contributed by atoms with E-state index in [0.29, 0.717) is 0 Å². The summed E-state index contributed by atoms with van der Waals surface area (Å²) >= 11 is 0. The molecule has 1 amide bonds. The Kier molecular flexibility index (Phi) is 3.75. The molecule has 1 saturated carbocycles. The predicted octanol–water partition coefficient (Wildman–Crippen LogP) is 1.78. The van der Waals surface area contributed by atoms with Crippen LogP contribution >= 0.6 is 12.4 Å². The molecule has 1 saturated heterocycles. The van der Waals surface area contributed by atoms with Crippen LogP contribution < -0.4 is 5.32 Å². The van der Waals surface area contributed by atoms with Crippen molar-refractivity contribution in [1.29, 1.82) is 0 Å². The number of rotatable bonds is 0. The van der Waals surface area contributed by atoms with Crippen LogP contribution in [0.15, 0.2) is 0 Å². The average molecular weight is 249 g/mol. The van der Waals surface area contributed by atoms with Crippen molar-refractivity contribution in [1.82, 2.24) is 10.2 Å². The number of amides is 1. The van der Waals surface area contributed by atoms with Crippen molar-refractivity contribution in [2.24, 2.45) is 0 Å². The first-order chi connectivity index (χ1) is 6.90. The van der Waals surface area contributed by atoms with Gasteiger partial charge in [-0.3, -0.25) is 0 Å². The minimum atomic E-state index is -0.390. The van der Waals surface area contributed by atoms with Gasteiger partial charge in [0.05, 0.1) is 0 Å². The molecule has 0 aromatic carbocycles. The highest BCUT2D eigenvalue weighted by atomic mass is 35.5. The lowest BCUT2D eigenvalue weighted by molar-refractivity contribution is 0.0184. The molecule has 0 aromatic heterocycles. The van der Waals surface area contributed by atoms with E-state index in [1.165, 1.54) is 12.8 Å². The third kappa shape index (κ3) is 3.25. The highest BCUT2D eigenvalue weighted by Gasteiger charge is 2.47. The van der Waals surface area contributed by atoms with Gasteiger partial charge in [0.1, 0.15) is 5.60 Å². The van der Waals surface area contributed by atoms with E-state index in [1.54, 1.807) is 0 Å². The highest BCUT2D eigenvalue weighted by Crippen LogP contribution is 2.37. The molecule has 0 unspecified atom stereocenters. The second-order valence-corrected chi connectivity index (χ2v) is 5.61. The Bertz CT molecular complexity index is 272. The van der Waals surface area contributed by atoms with Gasteiger partial charge in [0.15, 0.2) is 0 Å². The van der Waals surface area contributed by atoms with Crippen molar-refractivity contribution < 1.29 is 9.53 Å². The van der Waals surface area contributed by atoms with Crippen molar-refractivity contribution in [3.05, 3.63) is 0 Å². The topological polar surface area (TPSA) is 41.6 Å². The number of carbonyl (C=O) groups excluding carboxylic acids is 1. The maximum atomic E-state index is 11.8. The Morgan fingerprint density at radius 2 is 2.00 bits per heavy atom. The summed E-state index contributed by atoms with van der Waals surface area (Å²) in [5.74, 6) is 0. The molecular formula is C11H21ClN2O2. The van der Waals surface area contributed by atoms with E-state index in [2.05, 4.69) is 5.32 Å². The summed E-state index contributed by atoms with van der Waals surface area (Å²) in [5, 5.41) is 3.47. The van der Waals surface area contributed by atoms with Gasteiger partial charge in [-0.05, 0) is 33.6 Å². The number of carbonyl (C=O) groups is 1. The van der Waals surface area contributed by atoms with Gasteiger partial charge in [0, 0.05) is 25.2 Å². The molecule has 0 aromatic rings. The first kappa shape index (κ1) is 13.6. The lowest BCUT2D eigenvalue weighted by atomic mass is 10.2. The minimum Gasteiger partial charge on any atom is -0.444 e. The summed E-state index contributed by atoms with van der Waals surface area (Å²) in [7, 11) is 0. The van der Waals surface area contributed by atoms with Gasteiger partial charge in [0.25, 0.3) is 0 Å². The number of hydrogen-bond donors (Lipinski definition) is 1. The number of nitrogens with one attached hydrogen (secondary N) is 1. The summed E-state index contributed by atoms with van der Waals surface area (Å²) < 4.78 is 5.36. The lowest BCUT2D eigenvalue weighted by Crippen LogP contribution is -2.55. The van der Waals surface area contributed by atoms with Gasteiger partial charge < -0.3 is 15.0 Å². The molecule has 5 heteroatoms. The van der Waals surface area contributed by atoms with Gasteiger partial charge >= 0.3 is 6.09 Å². The maximum absolute atomic E-state index is 11.8. The Labute approximate surface area is 103 Å². The van der Waals surface area contributed by atoms with Crippen LogP contribution in [-0.2, 0) is 4.74 Å². The number of halogens is 1. The standard InChI is InChI=1S/C11H20N2O2.ClH/c1-10(2,3)15-9(14)13-7-6-12-11(8-13)4-5-11;/h12H,4-8H2,1-3H3;1H. The second-order valence-electron chi connectivity index (χ2n) is 5.61. The van der Waals surface area contributed by atoms with Gasteiger partial charge in [-0.15, -0.1) is 12.4 Å². The molecule has 1 N–H and O–H groups in total. The molecule has 2 fully saturated rings. The largest absolute Gasteiger partial charge is 0.444 e. The quantitative estimate of drug-likeness (QED) is 0.711. The molecule has 2 aliphatic rings. The van der Waals surface area contributed by atoms with E-state index < -0.39 is 5.60 Å². The summed E-state index contributed by atoms with van der Waals surface area (Å²) in [6, 6.07) is 0. The molecule has 94 valence electrons. The number of hydrogen-bond acceptors (Lipinski definition) is 3. The van der Waals surface area contributed by atoms with E-state index >= 15 is 0 Å². The van der Waals surface area contributed by atoms with Crippen LogP contribution in [-0.4, -0.2) is 41.8 Å². The minimum absolute atomic E-state index is 0. The fraction of sp³-hybridized carbons (Fsp3) is 0.909. The molecule has 4 nitrogen and oxygen atoms in total. The Hall–Kier alpha value is -0.480. The summed E-state index contributed by atoms with van der Waals surface area (Å²) in [4.78, 5) is 13.6. The van der Waals surface area contributed by atoms with Gasteiger partial charge in [-0.2, -0.15) is 0 Å². The van der Waals surface area contributed by atoms with Gasteiger partial charge in [-0.25, -0.2) is 4.79 Å². The molecule has 1 spiro atoms. The first-order valence-corrected chi connectivity index (χ1v) is 5.63. The molecule has 1 aliphatic carbocycles. The molecule has 0 atom stereocenters. The Balaban J connectivity index is 0.00000128. The lowest BCUT2D eigenvalue weighted by Gasteiger charge is -2.35. The van der Waals surface area contributed by atoms with E-state index in [1.807, 2.05) is 25.7 Å². The van der Waals surface area contributed by atoms with Crippen molar-refractivity contribution in [3.63, 3.8) is 0 Å². The van der Waals surface area contributed by atoms with Crippen LogP contribution in [0.2, 0.25) is 0 Å². The number of piperazine rings is 1. The highest BCUT2D eigenvalue weighted by molar-refractivity contribution is 5.85. The number of ether oxygens (including phenoxy) is 1. The smallest absolute Gasteiger partial charge is 0.410 e. The van der Waals surface area contributed by atoms with Gasteiger partial charge in [-0.1, -0.05) is 0 Å². The summed E-state index contributed by atoms with van der Waals surface area (Å²) in [6.45, 7) is 8.16. The molecule has 0 radical (unpaired) electrons. The van der Waals surface area contributed by atoms with Crippen molar-refractivity contribution in [2.45, 2.75) is 44.8 Å². The van der Waals surface area contributed by atoms with E-state index in [0.717, 1.165) is 19.6 Å². The van der Waals surface area contributed by atoms with Gasteiger partial charge in [0.2, 0.25) is 0 Å². The molecule has 0 bridgehead atoms. The Morgan fingerprint density at radius 1 is 1.38 bits per heavy atom. The van der Waals surface area contributed by atoms with Crippen LogP contribution in [0.25, 0.3) is 0 Å². The monoisotopic (exact) mass is 248 g/mol. The zero-order chi connectivity index (χ0) is 11.1. The third-order valence-corrected chi connectivity index (χ3v) is 2.88. The first-order valence-electron chi connectivity index (χ1n) is 5.63. The zero-order valence-corrected chi connectivity index (χ0v) is 11.0. The third-order valence-electron chi connectivity index (χ3n) is 2.88. The molecule has 2 rings (SSSR count). The van der Waals surface area contributed by atoms with E-state index in [9.17, 15) is 4.79 Å². The average Bonchev–Trinajstić information content (AvgIpc) is 2.82. The van der Waals surface area contributed by atoms with Crippen LogP contribution in [0, 0.1) is 0 Å². The fourth-order valence-corrected chi connectivity index (χ4v) is 1.92. The van der Waals surface area contributed by atoms with Crippen molar-refractivity contribution in [2.75, 3.05) is 19.6 Å². The predicted molar refractivity (Wildman–Crippen MR) is 65.0 cm³/mol. The molecular weight excluding hydrogens is 228 g/mol. The van der Waals surface area contributed by atoms with Crippen molar-refractivity contribution >= 4 is 18.5 Å². The molecule has 1 heterocycles. The normalized spacial score (nSPS) is 22.6. The molecule has 1 aliphatic heterocycles. The van der Waals surface area contributed by atoms with Crippen LogP contribution in [0.3, 0.4) is 0 Å². The summed E-state index contributed by atoms with van der Waals surface area (Å²) in [5.41, 5.74) is -0.159. The number of nitrogens with zero attached hydrogens (tertiary/aromatic N) is 1. The van der Waals surface area contributed by atoms with Crippen molar-refractivity contribution in [3.8, 4) is 0 Å². The van der Waals surface area contributed by atoms with E-state index in [-0.39, 0.29) is 24.0 Å². The fourth-order valence-electron chi connectivity index (χ4n) is 1.92. The molecule has 16 heavy (non-hydrogen) atoms. The SMILES string of the molecule is CC(C)(C)OC(=O)N1CCNC2(CC2)C1.Cl. The second kappa shape index (κ2) is 4.41. The summed E-state index contributed by atoms with van der Waals surface area (Å²) in [6.07, 6.45) is 2.20. The maximum Gasteiger partial charge on any atom is 0.410 e. The van der Waals surface area contributed by atoms with Crippen LogP contribution in [0.4, 0.5) is 4.79 Å². The Morgan fingerprint density at radius 3 is 2.50 bits per heavy atom. The van der Waals surface area contributed by atoms with Crippen LogP contribution in [0.5, 0.6) is 0 Å². The zero-order valence-electron chi connectivity index (χ0n) is 10.2.